The van der Waals surface area contributed by atoms with Gasteiger partial charge in [0.15, 0.2) is 35.2 Å². The zero-order valence-electron chi connectivity index (χ0n) is 34.0. The minimum absolute atomic E-state index is 0.0551. The molecule has 4 aliphatic rings. The van der Waals surface area contributed by atoms with Crippen molar-refractivity contribution in [1.82, 2.24) is 0 Å². The molecule has 9 rings (SSSR count). The third-order valence-corrected chi connectivity index (χ3v) is 10.2. The van der Waals surface area contributed by atoms with Crippen molar-refractivity contribution in [1.29, 1.82) is 0 Å². The van der Waals surface area contributed by atoms with Crippen molar-refractivity contribution in [2.24, 2.45) is 5.73 Å². The fraction of sp³-hybridized carbons (Fsp3) is 0.234. The van der Waals surface area contributed by atoms with Crippen molar-refractivity contribution < 1.29 is 62.8 Å². The molecule has 5 N–H and O–H groups in total. The molecule has 14 nitrogen and oxygen atoms in total. The van der Waals surface area contributed by atoms with Gasteiger partial charge in [-0.15, -0.1) is 0 Å². The van der Waals surface area contributed by atoms with Crippen molar-refractivity contribution >= 4 is 23.5 Å². The largest absolute Gasteiger partial charge is 0.495 e. The van der Waals surface area contributed by atoms with Crippen LogP contribution in [-0.2, 0) is 19.1 Å². The topological polar surface area (TPSA) is 195 Å². The number of ether oxygens (including phenoxy) is 8. The lowest BCUT2D eigenvalue weighted by atomic mass is 9.93. The number of carboxylic acids is 2. The fourth-order valence-electron chi connectivity index (χ4n) is 7.18. The zero-order chi connectivity index (χ0) is 43.4. The lowest BCUT2D eigenvalue weighted by Crippen LogP contribution is -2.24. The molecule has 61 heavy (non-hydrogen) atoms. The summed E-state index contributed by atoms with van der Waals surface area (Å²) in [6.45, 7) is 5.95. The quantitative estimate of drug-likeness (QED) is 0.119. The molecule has 316 valence electrons. The first-order valence-corrected chi connectivity index (χ1v) is 19.2. The maximum absolute atomic E-state index is 12.0. The Bertz CT molecular complexity index is 2360. The van der Waals surface area contributed by atoms with Gasteiger partial charge in [-0.05, 0) is 74.9 Å². The lowest BCUT2D eigenvalue weighted by molar-refractivity contribution is -0.134. The van der Waals surface area contributed by atoms with Gasteiger partial charge in [-0.2, -0.15) is 0 Å². The number of rotatable bonds is 8. The maximum Gasteiger partial charge on any atom is 0.339 e. The van der Waals surface area contributed by atoms with Gasteiger partial charge in [-0.3, -0.25) is 0 Å². The molecule has 5 aromatic rings. The van der Waals surface area contributed by atoms with E-state index in [2.05, 4.69) is 0 Å². The van der Waals surface area contributed by atoms with E-state index >= 15 is 0 Å². The average molecular weight is 832 g/mol. The van der Waals surface area contributed by atoms with Crippen LogP contribution in [0, 0.1) is 13.8 Å². The van der Waals surface area contributed by atoms with E-state index in [1.165, 1.54) is 14.2 Å². The number of fused-ring (bicyclic) bond motifs is 4. The first-order valence-electron chi connectivity index (χ1n) is 19.2. The highest BCUT2D eigenvalue weighted by Gasteiger charge is 2.38. The van der Waals surface area contributed by atoms with Crippen LogP contribution in [0.3, 0.4) is 0 Å². The number of hydrogen-bond acceptors (Lipinski definition) is 12. The molecule has 0 saturated heterocycles. The number of methoxy groups -OCH3 is 2. The van der Waals surface area contributed by atoms with Gasteiger partial charge in [0, 0.05) is 17.2 Å². The molecule has 5 aromatic carbocycles. The SMILES string of the molecule is COC1=C(C(=O)O)C(c2ccc3c(c2)OCO3)Oc2ccc(C)cc21.COC1=C(C(=O)O)[C@@H](c2ccc3c(c2)OCO3)Oc2ccc(C)cc21.C[C@@H](N)[C@@H](O)c1ccccc1. The number of aryl methyl sites for hydroxylation is 2. The number of benzene rings is 5. The van der Waals surface area contributed by atoms with E-state index in [1.807, 2.05) is 80.6 Å². The third-order valence-electron chi connectivity index (χ3n) is 10.2. The standard InChI is InChI=1S/2C19H16O6.C9H13NO/c2*1-10-3-5-13-12(7-10)18(22-2)16(19(20)21)17(25-13)11-4-6-14-15(8-11)24-9-23-14;1-7(10)9(11)8-5-3-2-4-6-8/h2*3-8,17H,9H2,1-2H3,(H,20,21);2-7,9,11H,10H2,1H3/t17-;;7-,9-/m1.1/s1. The summed E-state index contributed by atoms with van der Waals surface area (Å²) in [5.74, 6) is 1.98. The zero-order valence-corrected chi connectivity index (χ0v) is 34.0. The summed E-state index contributed by atoms with van der Waals surface area (Å²) in [5.41, 5.74) is 11.1. The number of aliphatic carboxylic acids is 2. The van der Waals surface area contributed by atoms with Crippen LogP contribution < -0.4 is 34.2 Å². The minimum atomic E-state index is -1.09. The van der Waals surface area contributed by atoms with E-state index in [4.69, 9.17) is 43.6 Å². The second kappa shape index (κ2) is 18.0. The van der Waals surface area contributed by atoms with E-state index in [0.29, 0.717) is 68.3 Å². The smallest absolute Gasteiger partial charge is 0.339 e. The number of hydrogen-bond donors (Lipinski definition) is 4. The van der Waals surface area contributed by atoms with Gasteiger partial charge in [0.1, 0.15) is 34.2 Å². The molecule has 0 amide bonds. The second-order valence-electron chi connectivity index (χ2n) is 14.4. The summed E-state index contributed by atoms with van der Waals surface area (Å²) < 4.78 is 44.4. The molecule has 4 aliphatic heterocycles. The second-order valence-corrected chi connectivity index (χ2v) is 14.4. The third kappa shape index (κ3) is 8.76. The lowest BCUT2D eigenvalue weighted by Gasteiger charge is -2.29. The Morgan fingerprint density at radius 1 is 0.607 bits per heavy atom. The van der Waals surface area contributed by atoms with Gasteiger partial charge in [0.25, 0.3) is 0 Å². The van der Waals surface area contributed by atoms with Crippen LogP contribution in [0.4, 0.5) is 0 Å². The van der Waals surface area contributed by atoms with Crippen LogP contribution in [0.25, 0.3) is 11.5 Å². The number of aliphatic hydroxyl groups is 1. The van der Waals surface area contributed by atoms with Gasteiger partial charge < -0.3 is 58.9 Å². The van der Waals surface area contributed by atoms with Gasteiger partial charge in [-0.25, -0.2) is 9.59 Å². The summed E-state index contributed by atoms with van der Waals surface area (Å²) >= 11 is 0. The molecule has 0 radical (unpaired) electrons. The van der Waals surface area contributed by atoms with Crippen molar-refractivity contribution in [2.45, 2.75) is 45.1 Å². The highest BCUT2D eigenvalue weighted by atomic mass is 16.7. The van der Waals surface area contributed by atoms with E-state index in [-0.39, 0.29) is 30.8 Å². The van der Waals surface area contributed by atoms with Crippen molar-refractivity contribution in [3.63, 3.8) is 0 Å². The highest BCUT2D eigenvalue weighted by molar-refractivity contribution is 5.99. The molecule has 0 spiro atoms. The first kappa shape index (κ1) is 42.0. The Morgan fingerprint density at radius 3 is 1.41 bits per heavy atom. The van der Waals surface area contributed by atoms with Crippen LogP contribution in [-0.4, -0.2) is 61.1 Å². The van der Waals surface area contributed by atoms with Crippen LogP contribution >= 0.6 is 0 Å². The molecule has 0 fully saturated rings. The van der Waals surface area contributed by atoms with Gasteiger partial charge in [0.05, 0.1) is 31.5 Å². The van der Waals surface area contributed by atoms with E-state index in [0.717, 1.165) is 16.7 Å². The van der Waals surface area contributed by atoms with Gasteiger partial charge >= 0.3 is 11.9 Å². The van der Waals surface area contributed by atoms with E-state index in [9.17, 15) is 24.9 Å². The molecule has 4 heterocycles. The Morgan fingerprint density at radius 2 is 1.02 bits per heavy atom. The summed E-state index contributed by atoms with van der Waals surface area (Å²) in [6, 6.07) is 30.9. The Labute approximate surface area is 351 Å². The molecule has 1 unspecified atom stereocenters. The highest BCUT2D eigenvalue weighted by Crippen LogP contribution is 2.46. The Hall–Kier alpha value is -7.16. The van der Waals surface area contributed by atoms with Crippen molar-refractivity contribution in [3.05, 3.63) is 153 Å². The Kier molecular flexibility index (Phi) is 12.4. The molecule has 0 bridgehead atoms. The van der Waals surface area contributed by atoms with Crippen LogP contribution in [0.15, 0.2) is 114 Å². The number of carbonyl (C=O) groups is 2. The molecule has 4 atom stereocenters. The van der Waals surface area contributed by atoms with Crippen LogP contribution in [0.5, 0.6) is 34.5 Å². The molecule has 14 heteroatoms. The maximum atomic E-state index is 12.0. The normalized spacial score (nSPS) is 17.4. The Balaban J connectivity index is 0.000000149. The minimum Gasteiger partial charge on any atom is -0.495 e. The molecular formula is C47H45NO13. The number of nitrogens with two attached hydrogens (primary N) is 1. The van der Waals surface area contributed by atoms with Crippen molar-refractivity contribution in [3.8, 4) is 34.5 Å². The van der Waals surface area contributed by atoms with Gasteiger partial charge in [-0.1, -0.05) is 65.7 Å². The predicted octanol–water partition coefficient (Wildman–Crippen LogP) is 7.67. The van der Waals surface area contributed by atoms with Gasteiger partial charge in [0.2, 0.25) is 13.6 Å². The predicted molar refractivity (Wildman–Crippen MR) is 222 cm³/mol. The summed E-state index contributed by atoms with van der Waals surface area (Å²) in [6.07, 6.45) is -2.16. The monoisotopic (exact) mass is 831 g/mol. The summed E-state index contributed by atoms with van der Waals surface area (Å²) in [5, 5.41) is 29.0. The summed E-state index contributed by atoms with van der Waals surface area (Å²) in [7, 11) is 2.93. The number of carboxylic acid groups (broad SMARTS) is 2. The summed E-state index contributed by atoms with van der Waals surface area (Å²) in [4.78, 5) is 23.9. The molecule has 0 aromatic heterocycles. The van der Waals surface area contributed by atoms with Crippen LogP contribution in [0.1, 0.15) is 64.2 Å². The van der Waals surface area contributed by atoms with E-state index < -0.39 is 30.3 Å². The first-order chi connectivity index (χ1) is 29.4. The molecular weight excluding hydrogens is 787 g/mol. The number of aliphatic hydroxyl groups excluding tert-OH is 1. The molecule has 0 saturated carbocycles. The van der Waals surface area contributed by atoms with Crippen LogP contribution in [0.2, 0.25) is 0 Å². The fourth-order valence-corrected chi connectivity index (χ4v) is 7.18. The average Bonchev–Trinajstić information content (AvgIpc) is 3.95. The van der Waals surface area contributed by atoms with E-state index in [1.54, 1.807) is 43.3 Å². The molecule has 0 aliphatic carbocycles. The van der Waals surface area contributed by atoms with Crippen molar-refractivity contribution in [2.75, 3.05) is 27.8 Å².